The van der Waals surface area contributed by atoms with E-state index in [1.165, 1.54) is 6.07 Å². The van der Waals surface area contributed by atoms with E-state index in [0.717, 1.165) is 11.6 Å². The standard InChI is InChI=1S/C17H23F2N5.HI/c1-4-20-17(21-7-8-24-11-12(2)10-22-24)23-13(3)14-5-6-15(18)16(19)9-14;/h5-6,9-11,13H,4,7-8H2,1-3H3,(H2,20,21,23);1H. The van der Waals surface area contributed by atoms with Crippen LogP contribution in [0.25, 0.3) is 0 Å². The second kappa shape index (κ2) is 10.3. The fraction of sp³-hybridized carbons (Fsp3) is 0.412. The Morgan fingerprint density at radius 1 is 1.32 bits per heavy atom. The highest BCUT2D eigenvalue weighted by Crippen LogP contribution is 2.15. The first-order valence-electron chi connectivity index (χ1n) is 7.98. The van der Waals surface area contributed by atoms with Crippen molar-refractivity contribution in [2.45, 2.75) is 33.4 Å². The molecule has 1 unspecified atom stereocenters. The van der Waals surface area contributed by atoms with E-state index in [0.29, 0.717) is 31.2 Å². The van der Waals surface area contributed by atoms with Gasteiger partial charge in [-0.05, 0) is 44.0 Å². The van der Waals surface area contributed by atoms with Gasteiger partial charge in [0.15, 0.2) is 17.6 Å². The van der Waals surface area contributed by atoms with Crippen molar-refractivity contribution >= 4 is 29.9 Å². The van der Waals surface area contributed by atoms with E-state index in [2.05, 4.69) is 20.7 Å². The third kappa shape index (κ3) is 6.60. The van der Waals surface area contributed by atoms with Crippen LogP contribution in [-0.2, 0) is 6.54 Å². The van der Waals surface area contributed by atoms with Crippen molar-refractivity contribution in [3.05, 3.63) is 53.4 Å². The number of nitrogens with zero attached hydrogens (tertiary/aromatic N) is 3. The van der Waals surface area contributed by atoms with E-state index in [1.807, 2.05) is 31.6 Å². The van der Waals surface area contributed by atoms with E-state index in [9.17, 15) is 8.78 Å². The first kappa shape index (κ1) is 21.3. The van der Waals surface area contributed by atoms with Crippen LogP contribution >= 0.6 is 24.0 Å². The molecular weight excluding hydrogens is 439 g/mol. The Bertz CT molecular complexity index is 702. The first-order valence-corrected chi connectivity index (χ1v) is 7.98. The first-order chi connectivity index (χ1) is 11.5. The Kier molecular flexibility index (Phi) is 8.81. The largest absolute Gasteiger partial charge is 0.357 e. The van der Waals surface area contributed by atoms with E-state index in [4.69, 9.17) is 0 Å². The number of aliphatic imine (C=N–C) groups is 1. The van der Waals surface area contributed by atoms with Gasteiger partial charge in [-0.1, -0.05) is 6.07 Å². The predicted molar refractivity (Wildman–Crippen MR) is 106 cm³/mol. The summed E-state index contributed by atoms with van der Waals surface area (Å²) in [5.41, 5.74) is 1.76. The van der Waals surface area contributed by atoms with Gasteiger partial charge < -0.3 is 10.6 Å². The van der Waals surface area contributed by atoms with Crippen molar-refractivity contribution in [1.29, 1.82) is 0 Å². The van der Waals surface area contributed by atoms with Gasteiger partial charge in [0.25, 0.3) is 0 Å². The number of hydrogen-bond acceptors (Lipinski definition) is 2. The topological polar surface area (TPSA) is 54.2 Å². The summed E-state index contributed by atoms with van der Waals surface area (Å²) in [6.07, 6.45) is 3.76. The molecule has 0 saturated heterocycles. The molecule has 1 aromatic heterocycles. The van der Waals surface area contributed by atoms with Crippen LogP contribution in [0.5, 0.6) is 0 Å². The van der Waals surface area contributed by atoms with E-state index >= 15 is 0 Å². The Balaban J connectivity index is 0.00000312. The van der Waals surface area contributed by atoms with E-state index in [1.54, 1.807) is 12.3 Å². The van der Waals surface area contributed by atoms with Gasteiger partial charge in [-0.3, -0.25) is 9.67 Å². The van der Waals surface area contributed by atoms with Gasteiger partial charge in [0.05, 0.1) is 25.3 Å². The molecule has 2 aromatic rings. The van der Waals surface area contributed by atoms with Gasteiger partial charge >= 0.3 is 0 Å². The summed E-state index contributed by atoms with van der Waals surface area (Å²) in [6.45, 7) is 7.76. The predicted octanol–water partition coefficient (Wildman–Crippen LogP) is 3.40. The molecule has 1 atom stereocenters. The summed E-state index contributed by atoms with van der Waals surface area (Å²) in [4.78, 5) is 4.49. The van der Waals surface area contributed by atoms with Crippen LogP contribution in [0.15, 0.2) is 35.6 Å². The average molecular weight is 463 g/mol. The van der Waals surface area contributed by atoms with Gasteiger partial charge in [-0.2, -0.15) is 5.10 Å². The molecule has 0 bridgehead atoms. The molecule has 0 aliphatic heterocycles. The molecule has 0 amide bonds. The number of guanidine groups is 1. The third-order valence-electron chi connectivity index (χ3n) is 3.50. The normalized spacial score (nSPS) is 12.4. The molecule has 1 heterocycles. The van der Waals surface area contributed by atoms with Crippen LogP contribution in [0.3, 0.4) is 0 Å². The van der Waals surface area contributed by atoms with Gasteiger partial charge in [-0.15, -0.1) is 24.0 Å². The average Bonchev–Trinajstić information content (AvgIpc) is 2.95. The Labute approximate surface area is 163 Å². The molecule has 0 fully saturated rings. The Morgan fingerprint density at radius 2 is 2.08 bits per heavy atom. The van der Waals surface area contributed by atoms with Crippen molar-refractivity contribution in [1.82, 2.24) is 20.4 Å². The van der Waals surface area contributed by atoms with Crippen molar-refractivity contribution < 1.29 is 8.78 Å². The van der Waals surface area contributed by atoms with Crippen LogP contribution in [0.2, 0.25) is 0 Å². The van der Waals surface area contributed by atoms with Crippen LogP contribution in [0.1, 0.15) is 31.0 Å². The molecule has 0 saturated carbocycles. The number of halogens is 3. The van der Waals surface area contributed by atoms with Crippen molar-refractivity contribution in [3.63, 3.8) is 0 Å². The van der Waals surface area contributed by atoms with Crippen molar-refractivity contribution in [2.75, 3.05) is 13.1 Å². The maximum absolute atomic E-state index is 13.4. The van der Waals surface area contributed by atoms with Crippen LogP contribution in [-0.4, -0.2) is 28.8 Å². The quantitative estimate of drug-likeness (QED) is 0.393. The molecule has 2 N–H and O–H groups in total. The van der Waals surface area contributed by atoms with E-state index in [-0.39, 0.29) is 30.0 Å². The maximum Gasteiger partial charge on any atom is 0.191 e. The maximum atomic E-state index is 13.4. The van der Waals surface area contributed by atoms with Gasteiger partial charge in [0.1, 0.15) is 0 Å². The minimum atomic E-state index is -0.850. The van der Waals surface area contributed by atoms with Gasteiger partial charge in [0, 0.05) is 12.7 Å². The lowest BCUT2D eigenvalue weighted by molar-refractivity contribution is 0.504. The highest BCUT2D eigenvalue weighted by molar-refractivity contribution is 14.0. The summed E-state index contributed by atoms with van der Waals surface area (Å²) in [5.74, 6) is -1.07. The fourth-order valence-corrected chi connectivity index (χ4v) is 2.24. The van der Waals surface area contributed by atoms with Gasteiger partial charge in [0.2, 0.25) is 0 Å². The molecular formula is C17H24F2IN5. The molecule has 0 radical (unpaired) electrons. The second-order valence-corrected chi connectivity index (χ2v) is 5.58. The van der Waals surface area contributed by atoms with Crippen molar-refractivity contribution in [3.8, 4) is 0 Å². The third-order valence-corrected chi connectivity index (χ3v) is 3.50. The lowest BCUT2D eigenvalue weighted by atomic mass is 10.1. The lowest BCUT2D eigenvalue weighted by Gasteiger charge is -2.18. The summed E-state index contributed by atoms with van der Waals surface area (Å²) in [6, 6.07) is 3.69. The van der Waals surface area contributed by atoms with E-state index < -0.39 is 11.6 Å². The highest BCUT2D eigenvalue weighted by Gasteiger charge is 2.10. The minimum Gasteiger partial charge on any atom is -0.357 e. The Hall–Kier alpha value is -1.71. The zero-order valence-electron chi connectivity index (χ0n) is 14.6. The number of rotatable bonds is 6. The molecule has 0 aliphatic rings. The summed E-state index contributed by atoms with van der Waals surface area (Å²) in [5, 5.41) is 10.5. The lowest BCUT2D eigenvalue weighted by Crippen LogP contribution is -2.39. The molecule has 0 spiro atoms. The van der Waals surface area contributed by atoms with Gasteiger partial charge in [-0.25, -0.2) is 8.78 Å². The summed E-state index contributed by atoms with van der Waals surface area (Å²) in [7, 11) is 0. The zero-order valence-corrected chi connectivity index (χ0v) is 16.9. The van der Waals surface area contributed by atoms with Crippen LogP contribution in [0.4, 0.5) is 8.78 Å². The second-order valence-electron chi connectivity index (χ2n) is 5.58. The number of benzene rings is 1. The zero-order chi connectivity index (χ0) is 17.5. The fourth-order valence-electron chi connectivity index (χ4n) is 2.24. The van der Waals surface area contributed by atoms with Crippen molar-refractivity contribution in [2.24, 2.45) is 4.99 Å². The smallest absolute Gasteiger partial charge is 0.191 e. The molecule has 2 rings (SSSR count). The number of aromatic nitrogens is 2. The number of nitrogens with one attached hydrogen (secondary N) is 2. The SMILES string of the molecule is CCNC(=NCCn1cc(C)cn1)NC(C)c1ccc(F)c(F)c1.I. The number of hydrogen-bond donors (Lipinski definition) is 2. The number of aryl methyl sites for hydroxylation is 1. The monoisotopic (exact) mass is 463 g/mol. The highest BCUT2D eigenvalue weighted by atomic mass is 127. The molecule has 5 nitrogen and oxygen atoms in total. The summed E-state index contributed by atoms with van der Waals surface area (Å²) < 4.78 is 28.2. The molecule has 25 heavy (non-hydrogen) atoms. The molecule has 1 aromatic carbocycles. The molecule has 0 aliphatic carbocycles. The molecule has 138 valence electrons. The minimum absolute atomic E-state index is 0. The Morgan fingerprint density at radius 3 is 2.68 bits per heavy atom. The summed E-state index contributed by atoms with van der Waals surface area (Å²) >= 11 is 0. The molecule has 8 heteroatoms. The van der Waals surface area contributed by atoms with Crippen LogP contribution in [0, 0.1) is 18.6 Å². The van der Waals surface area contributed by atoms with Crippen LogP contribution < -0.4 is 10.6 Å².